The molecule has 7 heteroatoms. The molecule has 3 aromatic heterocycles. The van der Waals surface area contributed by atoms with Crippen molar-refractivity contribution in [3.63, 3.8) is 0 Å². The van der Waals surface area contributed by atoms with Crippen molar-refractivity contribution in [1.29, 1.82) is 0 Å². The third-order valence-electron chi connectivity index (χ3n) is 4.77. The van der Waals surface area contributed by atoms with Gasteiger partial charge < -0.3 is 20.4 Å². The number of anilines is 1. The van der Waals surface area contributed by atoms with E-state index in [4.69, 9.17) is 0 Å². The largest absolute Gasteiger partial charge is 0.372 e. The number of aromatic amines is 1. The molecule has 0 aliphatic rings. The van der Waals surface area contributed by atoms with Crippen LogP contribution < -0.4 is 5.32 Å². The summed E-state index contributed by atoms with van der Waals surface area (Å²) in [6, 6.07) is 9.56. The lowest BCUT2D eigenvalue weighted by atomic mass is 10.0. The number of aryl methyl sites for hydroxylation is 3. The Labute approximate surface area is 149 Å². The number of pyridine rings is 1. The standard InChI is InChI=1S/C19H19N5O2/c1-11-8-14(17-15(9-11)12(2)13(3)21-17)10-20-18-19(24(25)26)23-7-5-4-6-16(23)22-18/h4-9,20-21H,10H2,1-3H3. The molecule has 26 heavy (non-hydrogen) atoms. The van der Waals surface area contributed by atoms with Gasteiger partial charge in [-0.15, -0.1) is 0 Å². The molecule has 0 saturated carbocycles. The number of imidazole rings is 1. The Bertz CT molecular complexity index is 1160. The monoisotopic (exact) mass is 349 g/mol. The smallest absolute Gasteiger partial charge is 0.359 e. The molecule has 2 N–H and O–H groups in total. The number of rotatable bonds is 4. The van der Waals surface area contributed by atoms with E-state index in [9.17, 15) is 10.1 Å². The summed E-state index contributed by atoms with van der Waals surface area (Å²) in [6.07, 6.45) is 1.65. The average Bonchev–Trinajstić information content (AvgIpc) is 3.11. The van der Waals surface area contributed by atoms with Crippen molar-refractivity contribution >= 4 is 28.2 Å². The van der Waals surface area contributed by atoms with E-state index in [1.165, 1.54) is 15.4 Å². The van der Waals surface area contributed by atoms with Crippen LogP contribution >= 0.6 is 0 Å². The second kappa shape index (κ2) is 5.87. The lowest BCUT2D eigenvalue weighted by molar-refractivity contribution is -0.389. The van der Waals surface area contributed by atoms with Crippen LogP contribution in [0.1, 0.15) is 22.4 Å². The maximum atomic E-state index is 11.5. The number of hydrogen-bond donors (Lipinski definition) is 2. The Kier molecular flexibility index (Phi) is 3.64. The second-order valence-corrected chi connectivity index (χ2v) is 6.55. The minimum atomic E-state index is -0.406. The number of fused-ring (bicyclic) bond motifs is 2. The Balaban J connectivity index is 1.75. The molecule has 0 atom stereocenters. The molecule has 0 radical (unpaired) electrons. The Morgan fingerprint density at radius 1 is 1.27 bits per heavy atom. The molecular weight excluding hydrogens is 330 g/mol. The van der Waals surface area contributed by atoms with E-state index in [0.717, 1.165) is 22.3 Å². The van der Waals surface area contributed by atoms with Crippen molar-refractivity contribution < 1.29 is 4.92 Å². The first-order chi connectivity index (χ1) is 12.5. The van der Waals surface area contributed by atoms with Crippen LogP contribution in [0.25, 0.3) is 16.6 Å². The molecule has 132 valence electrons. The number of H-pyrrole nitrogens is 1. The lowest BCUT2D eigenvalue weighted by Gasteiger charge is -2.07. The molecule has 3 heterocycles. The van der Waals surface area contributed by atoms with Crippen LogP contribution in [0.2, 0.25) is 0 Å². The van der Waals surface area contributed by atoms with Gasteiger partial charge in [-0.2, -0.15) is 9.38 Å². The molecule has 0 unspecified atom stereocenters. The number of aromatic nitrogens is 3. The van der Waals surface area contributed by atoms with Gasteiger partial charge in [0.05, 0.1) is 11.7 Å². The van der Waals surface area contributed by atoms with E-state index in [1.54, 1.807) is 18.3 Å². The molecule has 4 rings (SSSR count). The van der Waals surface area contributed by atoms with Crippen LogP contribution in [-0.2, 0) is 6.54 Å². The number of hydrogen-bond acceptors (Lipinski definition) is 4. The molecule has 0 fully saturated rings. The van der Waals surface area contributed by atoms with Crippen LogP contribution in [0.3, 0.4) is 0 Å². The van der Waals surface area contributed by atoms with Crippen molar-refractivity contribution in [2.75, 3.05) is 5.32 Å². The molecule has 0 spiro atoms. The quantitative estimate of drug-likeness (QED) is 0.425. The maximum absolute atomic E-state index is 11.5. The summed E-state index contributed by atoms with van der Waals surface area (Å²) in [7, 11) is 0. The van der Waals surface area contributed by atoms with Gasteiger partial charge in [0.15, 0.2) is 0 Å². The van der Waals surface area contributed by atoms with Crippen LogP contribution in [0.15, 0.2) is 36.5 Å². The van der Waals surface area contributed by atoms with Crippen LogP contribution in [-0.4, -0.2) is 19.3 Å². The van der Waals surface area contributed by atoms with Gasteiger partial charge in [0.2, 0.25) is 11.5 Å². The maximum Gasteiger partial charge on any atom is 0.372 e. The number of nitrogens with one attached hydrogen (secondary N) is 2. The van der Waals surface area contributed by atoms with Crippen molar-refractivity contribution in [3.05, 3.63) is 69.0 Å². The highest BCUT2D eigenvalue weighted by Gasteiger charge is 2.22. The van der Waals surface area contributed by atoms with Gasteiger partial charge in [-0.3, -0.25) is 0 Å². The second-order valence-electron chi connectivity index (χ2n) is 6.55. The first kappa shape index (κ1) is 16.1. The topological polar surface area (TPSA) is 88.3 Å². The molecule has 0 amide bonds. The third kappa shape index (κ3) is 2.48. The molecule has 4 aromatic rings. The summed E-state index contributed by atoms with van der Waals surface area (Å²) in [6.45, 7) is 6.65. The number of nitrogens with zero attached hydrogens (tertiary/aromatic N) is 3. The summed E-state index contributed by atoms with van der Waals surface area (Å²) in [5.74, 6) is 0.221. The van der Waals surface area contributed by atoms with Gasteiger partial charge in [-0.1, -0.05) is 17.7 Å². The first-order valence-electron chi connectivity index (χ1n) is 8.39. The normalized spacial score (nSPS) is 11.3. The highest BCUT2D eigenvalue weighted by Crippen LogP contribution is 2.29. The van der Waals surface area contributed by atoms with Gasteiger partial charge in [0.25, 0.3) is 0 Å². The van der Waals surface area contributed by atoms with Gasteiger partial charge in [0.1, 0.15) is 0 Å². The summed E-state index contributed by atoms with van der Waals surface area (Å²) in [5, 5.41) is 15.9. The fraction of sp³-hybridized carbons (Fsp3) is 0.211. The average molecular weight is 349 g/mol. The fourth-order valence-electron chi connectivity index (χ4n) is 3.38. The SMILES string of the molecule is Cc1cc(CNc2nc3ccccn3c2[N+](=O)[O-])c2[nH]c(C)c(C)c2c1. The molecular formula is C19H19N5O2. The number of benzene rings is 1. The predicted octanol–water partition coefficient (Wildman–Crippen LogP) is 4.26. The van der Waals surface area contributed by atoms with Crippen molar-refractivity contribution in [3.8, 4) is 0 Å². The lowest BCUT2D eigenvalue weighted by Crippen LogP contribution is -2.04. The summed E-state index contributed by atoms with van der Waals surface area (Å²) >= 11 is 0. The zero-order valence-corrected chi connectivity index (χ0v) is 14.8. The zero-order chi connectivity index (χ0) is 18.4. The Hall–Kier alpha value is -3.35. The Morgan fingerprint density at radius 3 is 2.85 bits per heavy atom. The van der Waals surface area contributed by atoms with Gasteiger partial charge in [0, 0.05) is 23.7 Å². The van der Waals surface area contributed by atoms with Crippen molar-refractivity contribution in [2.24, 2.45) is 0 Å². The summed E-state index contributed by atoms with van der Waals surface area (Å²) < 4.78 is 1.48. The molecule has 0 bridgehead atoms. The van der Waals surface area contributed by atoms with E-state index >= 15 is 0 Å². The van der Waals surface area contributed by atoms with Crippen molar-refractivity contribution in [1.82, 2.24) is 14.4 Å². The van der Waals surface area contributed by atoms with Gasteiger partial charge >= 0.3 is 5.82 Å². The van der Waals surface area contributed by atoms with Gasteiger partial charge in [-0.25, -0.2) is 0 Å². The van der Waals surface area contributed by atoms with E-state index in [0.29, 0.717) is 12.2 Å². The number of nitro groups is 1. The molecule has 0 aliphatic heterocycles. The molecule has 7 nitrogen and oxygen atoms in total. The van der Waals surface area contributed by atoms with Crippen LogP contribution in [0.5, 0.6) is 0 Å². The third-order valence-corrected chi connectivity index (χ3v) is 4.77. The molecule has 0 aliphatic carbocycles. The minimum Gasteiger partial charge on any atom is -0.359 e. The fourth-order valence-corrected chi connectivity index (χ4v) is 3.38. The highest BCUT2D eigenvalue weighted by atomic mass is 16.6. The zero-order valence-electron chi connectivity index (χ0n) is 14.8. The van der Waals surface area contributed by atoms with Crippen LogP contribution in [0.4, 0.5) is 11.6 Å². The minimum absolute atomic E-state index is 0.0525. The predicted molar refractivity (Wildman–Crippen MR) is 102 cm³/mol. The van der Waals surface area contributed by atoms with E-state index in [1.807, 2.05) is 6.07 Å². The highest BCUT2D eigenvalue weighted by molar-refractivity contribution is 5.88. The van der Waals surface area contributed by atoms with E-state index in [2.05, 4.69) is 48.2 Å². The van der Waals surface area contributed by atoms with Crippen molar-refractivity contribution in [2.45, 2.75) is 27.3 Å². The summed E-state index contributed by atoms with van der Waals surface area (Å²) in [4.78, 5) is 18.9. The Morgan fingerprint density at radius 2 is 2.08 bits per heavy atom. The molecule has 0 saturated heterocycles. The van der Waals surface area contributed by atoms with E-state index < -0.39 is 4.92 Å². The summed E-state index contributed by atoms with van der Waals surface area (Å²) in [5.41, 5.74) is 6.17. The van der Waals surface area contributed by atoms with Gasteiger partial charge in [-0.05, 0) is 49.0 Å². The molecule has 1 aromatic carbocycles. The van der Waals surface area contributed by atoms with E-state index in [-0.39, 0.29) is 11.6 Å². The first-order valence-corrected chi connectivity index (χ1v) is 8.39. The van der Waals surface area contributed by atoms with Crippen LogP contribution in [0, 0.1) is 30.9 Å².